The summed E-state index contributed by atoms with van der Waals surface area (Å²) in [6.07, 6.45) is 2.40. The van der Waals surface area contributed by atoms with Crippen molar-refractivity contribution in [2.45, 2.75) is 19.3 Å². The molecule has 0 unspecified atom stereocenters. The molecular formula is C11H17NO5S. The van der Waals surface area contributed by atoms with E-state index in [2.05, 4.69) is 9.46 Å². The topological polar surface area (TPSA) is 85.6 Å². The Labute approximate surface area is 106 Å². The molecule has 0 aliphatic carbocycles. The molecule has 102 valence electrons. The molecule has 0 radical (unpaired) electrons. The van der Waals surface area contributed by atoms with Crippen LogP contribution in [-0.2, 0) is 26.0 Å². The van der Waals surface area contributed by atoms with Crippen LogP contribution in [0.4, 0.5) is 0 Å². The number of ether oxygens (including phenoxy) is 1. The highest BCUT2D eigenvalue weighted by molar-refractivity contribution is 7.89. The molecule has 1 N–H and O–H groups in total. The Balaban J connectivity index is 2.21. The average molecular weight is 275 g/mol. The maximum absolute atomic E-state index is 11.5. The molecule has 0 spiro atoms. The Morgan fingerprint density at radius 2 is 2.28 bits per heavy atom. The molecule has 0 aliphatic rings. The maximum atomic E-state index is 11.5. The Hall–Kier alpha value is -1.34. The Morgan fingerprint density at radius 3 is 2.89 bits per heavy atom. The number of nitrogens with one attached hydrogen (secondary N) is 1. The van der Waals surface area contributed by atoms with E-state index >= 15 is 0 Å². The van der Waals surface area contributed by atoms with Crippen molar-refractivity contribution in [1.82, 2.24) is 4.72 Å². The van der Waals surface area contributed by atoms with Gasteiger partial charge in [-0.1, -0.05) is 0 Å². The predicted octanol–water partition coefficient (Wildman–Crippen LogP) is 0.695. The number of esters is 1. The summed E-state index contributed by atoms with van der Waals surface area (Å²) in [5, 5.41) is 0. The molecule has 1 aromatic heterocycles. The first-order valence-electron chi connectivity index (χ1n) is 5.60. The average Bonchev–Trinajstić information content (AvgIpc) is 2.81. The summed E-state index contributed by atoms with van der Waals surface area (Å²) >= 11 is 0. The molecule has 0 atom stereocenters. The summed E-state index contributed by atoms with van der Waals surface area (Å²) < 4.78 is 35.0. The van der Waals surface area contributed by atoms with Gasteiger partial charge in [-0.2, -0.15) is 0 Å². The van der Waals surface area contributed by atoms with Crippen molar-refractivity contribution >= 4 is 16.0 Å². The number of sulfonamides is 1. The molecule has 0 aliphatic heterocycles. The second-order valence-electron chi connectivity index (χ2n) is 3.72. The van der Waals surface area contributed by atoms with Gasteiger partial charge in [0.25, 0.3) is 0 Å². The van der Waals surface area contributed by atoms with Crippen molar-refractivity contribution in [2.75, 3.05) is 19.4 Å². The van der Waals surface area contributed by atoms with Crippen LogP contribution in [0.2, 0.25) is 0 Å². The van der Waals surface area contributed by atoms with Gasteiger partial charge in [0.2, 0.25) is 10.0 Å². The zero-order valence-corrected chi connectivity index (χ0v) is 11.0. The molecule has 0 saturated heterocycles. The SMILES string of the molecule is COC(=O)CCCS(=O)(=O)NCCc1ccco1. The summed E-state index contributed by atoms with van der Waals surface area (Å²) in [5.74, 6) is 0.244. The Morgan fingerprint density at radius 1 is 1.50 bits per heavy atom. The summed E-state index contributed by atoms with van der Waals surface area (Å²) in [6, 6.07) is 3.53. The second-order valence-corrected chi connectivity index (χ2v) is 5.65. The maximum Gasteiger partial charge on any atom is 0.305 e. The van der Waals surface area contributed by atoms with E-state index in [1.54, 1.807) is 18.4 Å². The normalized spacial score (nSPS) is 11.4. The first-order valence-corrected chi connectivity index (χ1v) is 7.25. The van der Waals surface area contributed by atoms with Crippen molar-refractivity contribution in [2.24, 2.45) is 0 Å². The van der Waals surface area contributed by atoms with E-state index in [1.807, 2.05) is 0 Å². The minimum atomic E-state index is -3.34. The van der Waals surface area contributed by atoms with Crippen molar-refractivity contribution in [3.63, 3.8) is 0 Å². The standard InChI is InChI=1S/C11H17NO5S/c1-16-11(13)5-3-9-18(14,15)12-7-6-10-4-2-8-17-10/h2,4,8,12H,3,5-7,9H2,1H3. The first-order chi connectivity index (χ1) is 8.53. The molecule has 0 aromatic carbocycles. The molecule has 0 bridgehead atoms. The highest BCUT2D eigenvalue weighted by Gasteiger charge is 2.11. The van der Waals surface area contributed by atoms with Gasteiger partial charge in [0.1, 0.15) is 5.76 Å². The van der Waals surface area contributed by atoms with E-state index in [9.17, 15) is 13.2 Å². The number of methoxy groups -OCH3 is 1. The van der Waals surface area contributed by atoms with Crippen LogP contribution < -0.4 is 4.72 Å². The fourth-order valence-corrected chi connectivity index (χ4v) is 2.45. The van der Waals surface area contributed by atoms with Gasteiger partial charge in [-0.3, -0.25) is 4.79 Å². The van der Waals surface area contributed by atoms with Crippen LogP contribution in [0.1, 0.15) is 18.6 Å². The van der Waals surface area contributed by atoms with Gasteiger partial charge in [0, 0.05) is 19.4 Å². The van der Waals surface area contributed by atoms with Crippen LogP contribution in [-0.4, -0.2) is 33.8 Å². The molecule has 1 heterocycles. The van der Waals surface area contributed by atoms with Gasteiger partial charge in [0.05, 0.1) is 19.1 Å². The summed E-state index contributed by atoms with van der Waals surface area (Å²) in [6.45, 7) is 0.286. The molecule has 7 heteroatoms. The van der Waals surface area contributed by atoms with Gasteiger partial charge in [-0.15, -0.1) is 0 Å². The van der Waals surface area contributed by atoms with E-state index < -0.39 is 16.0 Å². The minimum absolute atomic E-state index is 0.0831. The van der Waals surface area contributed by atoms with Crippen LogP contribution in [0.3, 0.4) is 0 Å². The van der Waals surface area contributed by atoms with Crippen LogP contribution in [0.25, 0.3) is 0 Å². The van der Waals surface area contributed by atoms with Gasteiger partial charge >= 0.3 is 5.97 Å². The zero-order chi connectivity index (χ0) is 13.4. The summed E-state index contributed by atoms with van der Waals surface area (Å²) in [7, 11) is -2.06. The van der Waals surface area contributed by atoms with Crippen LogP contribution >= 0.6 is 0 Å². The largest absolute Gasteiger partial charge is 0.469 e. The Bertz CT molecular complexity index is 452. The quantitative estimate of drug-likeness (QED) is 0.706. The molecule has 1 rings (SSSR count). The zero-order valence-electron chi connectivity index (χ0n) is 10.2. The van der Waals surface area contributed by atoms with Gasteiger partial charge in [-0.25, -0.2) is 13.1 Å². The van der Waals surface area contributed by atoms with E-state index in [0.29, 0.717) is 6.42 Å². The van der Waals surface area contributed by atoms with Gasteiger partial charge < -0.3 is 9.15 Å². The number of hydrogen-bond donors (Lipinski definition) is 1. The molecule has 0 amide bonds. The van der Waals surface area contributed by atoms with E-state index in [1.165, 1.54) is 7.11 Å². The number of rotatable bonds is 8. The predicted molar refractivity (Wildman–Crippen MR) is 65.5 cm³/mol. The number of furan rings is 1. The van der Waals surface area contributed by atoms with Crippen molar-refractivity contribution in [3.05, 3.63) is 24.2 Å². The van der Waals surface area contributed by atoms with E-state index in [-0.39, 0.29) is 25.1 Å². The Kier molecular flexibility index (Phi) is 5.87. The molecular weight excluding hydrogens is 258 g/mol. The van der Waals surface area contributed by atoms with Gasteiger partial charge in [-0.05, 0) is 18.6 Å². The number of hydrogen-bond acceptors (Lipinski definition) is 5. The third-order valence-electron chi connectivity index (χ3n) is 2.30. The van der Waals surface area contributed by atoms with E-state index in [0.717, 1.165) is 5.76 Å². The van der Waals surface area contributed by atoms with Crippen LogP contribution in [0.15, 0.2) is 22.8 Å². The smallest absolute Gasteiger partial charge is 0.305 e. The lowest BCUT2D eigenvalue weighted by Crippen LogP contribution is -2.28. The highest BCUT2D eigenvalue weighted by Crippen LogP contribution is 2.01. The molecule has 18 heavy (non-hydrogen) atoms. The minimum Gasteiger partial charge on any atom is -0.469 e. The lowest BCUT2D eigenvalue weighted by atomic mass is 10.3. The van der Waals surface area contributed by atoms with Crippen molar-refractivity contribution < 1.29 is 22.4 Å². The summed E-state index contributed by atoms with van der Waals surface area (Å²) in [4.78, 5) is 10.8. The third kappa shape index (κ3) is 5.83. The monoisotopic (exact) mass is 275 g/mol. The molecule has 1 aromatic rings. The fraction of sp³-hybridized carbons (Fsp3) is 0.545. The van der Waals surface area contributed by atoms with Crippen molar-refractivity contribution in [3.8, 4) is 0 Å². The third-order valence-corrected chi connectivity index (χ3v) is 3.77. The molecule has 6 nitrogen and oxygen atoms in total. The lowest BCUT2D eigenvalue weighted by Gasteiger charge is -2.05. The van der Waals surface area contributed by atoms with Gasteiger partial charge in [0.15, 0.2) is 0 Å². The fourth-order valence-electron chi connectivity index (χ4n) is 1.37. The lowest BCUT2D eigenvalue weighted by molar-refractivity contribution is -0.140. The van der Waals surface area contributed by atoms with Crippen molar-refractivity contribution in [1.29, 1.82) is 0 Å². The number of carbonyl (C=O) groups excluding carboxylic acids is 1. The second kappa shape index (κ2) is 7.17. The van der Waals surface area contributed by atoms with Crippen LogP contribution in [0.5, 0.6) is 0 Å². The van der Waals surface area contributed by atoms with Crippen LogP contribution in [0, 0.1) is 0 Å². The number of carbonyl (C=O) groups is 1. The van der Waals surface area contributed by atoms with E-state index in [4.69, 9.17) is 4.42 Å². The molecule has 0 fully saturated rings. The summed E-state index contributed by atoms with van der Waals surface area (Å²) in [5.41, 5.74) is 0. The highest BCUT2D eigenvalue weighted by atomic mass is 32.2. The first kappa shape index (κ1) is 14.7. The molecule has 0 saturated carbocycles.